The van der Waals surface area contributed by atoms with Crippen molar-refractivity contribution in [2.45, 2.75) is 78.0 Å². The second-order valence-corrected chi connectivity index (χ2v) is 11.6. The third-order valence-electron chi connectivity index (χ3n) is 7.60. The SMILES string of the molecule is CC(C)C(C)C(=O)OCc1ccc(NC(=O)[C@H](CCCNC(N)=O)NC(=O)[C@H](CO)NC(=O)CCCCCN2C(=O)C=CC2=O)cc1. The van der Waals surface area contributed by atoms with Crippen molar-refractivity contribution in [1.29, 1.82) is 0 Å². The summed E-state index contributed by atoms with van der Waals surface area (Å²) in [5.74, 6) is -2.99. The Hall–Kier alpha value is -4.79. The summed E-state index contributed by atoms with van der Waals surface area (Å²) in [4.78, 5) is 86.1. The number of nitrogens with one attached hydrogen (secondary N) is 4. The maximum absolute atomic E-state index is 13.2. The number of carbonyl (C=O) groups is 7. The van der Waals surface area contributed by atoms with Crippen molar-refractivity contribution < 1.29 is 43.4 Å². The van der Waals surface area contributed by atoms with Crippen LogP contribution >= 0.6 is 0 Å². The Balaban J connectivity index is 1.90. The van der Waals surface area contributed by atoms with E-state index in [1.165, 1.54) is 12.2 Å². The Morgan fingerprint density at radius 3 is 2.13 bits per heavy atom. The molecule has 0 spiro atoms. The van der Waals surface area contributed by atoms with Crippen LogP contribution in [0.2, 0.25) is 0 Å². The van der Waals surface area contributed by atoms with Crippen LogP contribution in [0.1, 0.15) is 64.9 Å². The van der Waals surface area contributed by atoms with Crippen LogP contribution < -0.4 is 27.0 Å². The Labute approximate surface area is 274 Å². The van der Waals surface area contributed by atoms with Crippen molar-refractivity contribution in [3.63, 3.8) is 0 Å². The topological polar surface area (TPSA) is 226 Å². The van der Waals surface area contributed by atoms with E-state index in [1.807, 2.05) is 13.8 Å². The number of hydrogen-bond donors (Lipinski definition) is 6. The van der Waals surface area contributed by atoms with Crippen molar-refractivity contribution in [2.24, 2.45) is 17.6 Å². The highest BCUT2D eigenvalue weighted by molar-refractivity contribution is 6.12. The number of primary amides is 1. The summed E-state index contributed by atoms with van der Waals surface area (Å²) in [7, 11) is 0. The summed E-state index contributed by atoms with van der Waals surface area (Å²) >= 11 is 0. The fourth-order valence-corrected chi connectivity index (χ4v) is 4.38. The van der Waals surface area contributed by atoms with Crippen LogP contribution in [0.3, 0.4) is 0 Å². The minimum absolute atomic E-state index is 0.0403. The maximum atomic E-state index is 13.2. The number of rotatable bonds is 20. The number of hydrogen-bond acceptors (Lipinski definition) is 9. The predicted molar refractivity (Wildman–Crippen MR) is 171 cm³/mol. The molecule has 0 saturated heterocycles. The third kappa shape index (κ3) is 13.6. The summed E-state index contributed by atoms with van der Waals surface area (Å²) in [5, 5.41) is 19.9. The average molecular weight is 659 g/mol. The summed E-state index contributed by atoms with van der Waals surface area (Å²) < 4.78 is 5.36. The molecule has 47 heavy (non-hydrogen) atoms. The summed E-state index contributed by atoms with van der Waals surface area (Å²) in [6, 6.07) is 3.46. The number of nitrogens with zero attached hydrogens (tertiary/aromatic N) is 1. The van der Waals surface area contributed by atoms with E-state index in [2.05, 4.69) is 21.3 Å². The van der Waals surface area contributed by atoms with Crippen LogP contribution in [-0.2, 0) is 40.1 Å². The molecule has 3 atom stereocenters. The van der Waals surface area contributed by atoms with Gasteiger partial charge in [-0.3, -0.25) is 33.7 Å². The molecule has 1 aromatic carbocycles. The molecule has 258 valence electrons. The molecule has 1 heterocycles. The first-order valence-electron chi connectivity index (χ1n) is 15.7. The summed E-state index contributed by atoms with van der Waals surface area (Å²) in [6.07, 6.45) is 4.30. The van der Waals surface area contributed by atoms with Crippen LogP contribution in [0.15, 0.2) is 36.4 Å². The van der Waals surface area contributed by atoms with Gasteiger partial charge in [0, 0.05) is 37.3 Å². The molecule has 0 fully saturated rings. The van der Waals surface area contributed by atoms with Crippen LogP contribution in [0.25, 0.3) is 0 Å². The van der Waals surface area contributed by atoms with Gasteiger partial charge in [0.05, 0.1) is 12.5 Å². The normalized spacial score (nSPS) is 14.4. The van der Waals surface area contributed by atoms with Gasteiger partial charge in [-0.15, -0.1) is 0 Å². The second kappa shape index (κ2) is 19.7. The lowest BCUT2D eigenvalue weighted by Crippen LogP contribution is -2.54. The molecule has 1 aliphatic rings. The minimum Gasteiger partial charge on any atom is -0.461 e. The van der Waals surface area contributed by atoms with Gasteiger partial charge in [-0.05, 0) is 49.3 Å². The lowest BCUT2D eigenvalue weighted by atomic mass is 9.99. The number of ether oxygens (including phenoxy) is 1. The molecule has 0 bridgehead atoms. The first kappa shape index (κ1) is 38.4. The number of amides is 7. The summed E-state index contributed by atoms with van der Waals surface area (Å²) in [5.41, 5.74) is 6.23. The highest BCUT2D eigenvalue weighted by Gasteiger charge is 2.27. The van der Waals surface area contributed by atoms with Crippen molar-refractivity contribution in [2.75, 3.05) is 25.0 Å². The van der Waals surface area contributed by atoms with Gasteiger partial charge in [0.25, 0.3) is 11.8 Å². The number of esters is 1. The molecule has 1 aliphatic heterocycles. The minimum atomic E-state index is -1.33. The van der Waals surface area contributed by atoms with Crippen LogP contribution in [0.4, 0.5) is 10.5 Å². The number of unbranched alkanes of at least 4 members (excludes halogenated alkanes) is 2. The monoisotopic (exact) mass is 658 g/mol. The van der Waals surface area contributed by atoms with Gasteiger partial charge in [-0.2, -0.15) is 0 Å². The molecule has 0 aliphatic carbocycles. The Kier molecular flexibility index (Phi) is 16.1. The summed E-state index contributed by atoms with van der Waals surface area (Å²) in [6.45, 7) is 5.41. The molecule has 0 aromatic heterocycles. The van der Waals surface area contributed by atoms with Crippen molar-refractivity contribution in [3.05, 3.63) is 42.0 Å². The molecule has 7 N–H and O–H groups in total. The van der Waals surface area contributed by atoms with E-state index in [9.17, 15) is 38.7 Å². The fraction of sp³-hybridized carbons (Fsp3) is 0.531. The van der Waals surface area contributed by atoms with Crippen molar-refractivity contribution in [1.82, 2.24) is 20.9 Å². The van der Waals surface area contributed by atoms with Gasteiger partial charge < -0.3 is 36.8 Å². The number of benzene rings is 1. The zero-order valence-electron chi connectivity index (χ0n) is 27.1. The lowest BCUT2D eigenvalue weighted by Gasteiger charge is -2.22. The molecule has 0 saturated carbocycles. The highest BCUT2D eigenvalue weighted by Crippen LogP contribution is 2.15. The molecule has 15 heteroatoms. The van der Waals surface area contributed by atoms with E-state index in [4.69, 9.17) is 10.5 Å². The number of imide groups is 1. The number of aliphatic hydroxyl groups is 1. The van der Waals surface area contributed by atoms with Gasteiger partial charge in [0.1, 0.15) is 18.7 Å². The first-order chi connectivity index (χ1) is 22.3. The largest absolute Gasteiger partial charge is 0.461 e. The standard InChI is InChI=1S/C32H46N6O9/c1-20(2)21(3)31(45)47-19-22-10-12-23(13-11-22)35-29(43)24(8-7-16-34-32(33)46)37-30(44)25(18-39)36-26(40)9-5-4-6-17-38-27(41)14-15-28(38)42/h10-15,20-21,24-25,39H,4-9,16-19H2,1-3H3,(H,35,43)(H,36,40)(H,37,44)(H3,33,34,46)/t21?,24-,25-/m0/s1. The fourth-order valence-electron chi connectivity index (χ4n) is 4.38. The maximum Gasteiger partial charge on any atom is 0.312 e. The predicted octanol–water partition coefficient (Wildman–Crippen LogP) is 0.856. The number of aliphatic hydroxyl groups excluding tert-OH is 1. The molecular weight excluding hydrogens is 612 g/mol. The molecule has 7 amide bonds. The van der Waals surface area contributed by atoms with Gasteiger partial charge >= 0.3 is 12.0 Å². The van der Waals surface area contributed by atoms with Crippen LogP contribution in [0, 0.1) is 11.8 Å². The number of urea groups is 1. The highest BCUT2D eigenvalue weighted by atomic mass is 16.5. The van der Waals surface area contributed by atoms with Gasteiger partial charge in [-0.25, -0.2) is 4.79 Å². The van der Waals surface area contributed by atoms with E-state index in [-0.39, 0.29) is 68.6 Å². The number of nitrogens with two attached hydrogens (primary N) is 1. The van der Waals surface area contributed by atoms with E-state index in [0.717, 1.165) is 4.90 Å². The molecule has 0 radical (unpaired) electrons. The van der Waals surface area contributed by atoms with E-state index in [0.29, 0.717) is 30.5 Å². The van der Waals surface area contributed by atoms with Crippen molar-refractivity contribution >= 4 is 47.2 Å². The van der Waals surface area contributed by atoms with Gasteiger partial charge in [0.2, 0.25) is 17.7 Å². The van der Waals surface area contributed by atoms with E-state index in [1.54, 1.807) is 31.2 Å². The van der Waals surface area contributed by atoms with Crippen molar-refractivity contribution in [3.8, 4) is 0 Å². The zero-order chi connectivity index (χ0) is 34.9. The molecule has 15 nitrogen and oxygen atoms in total. The molecular formula is C32H46N6O9. The second-order valence-electron chi connectivity index (χ2n) is 11.6. The molecule has 1 unspecified atom stereocenters. The Bertz CT molecular complexity index is 1280. The molecule has 1 aromatic rings. The smallest absolute Gasteiger partial charge is 0.312 e. The van der Waals surface area contributed by atoms with Gasteiger partial charge in [0.15, 0.2) is 0 Å². The molecule has 2 rings (SSSR count). The van der Waals surface area contributed by atoms with Gasteiger partial charge in [-0.1, -0.05) is 39.3 Å². The van der Waals surface area contributed by atoms with Crippen LogP contribution in [-0.4, -0.2) is 83.3 Å². The third-order valence-corrected chi connectivity index (χ3v) is 7.60. The average Bonchev–Trinajstić information content (AvgIpc) is 3.35. The first-order valence-corrected chi connectivity index (χ1v) is 15.7. The quantitative estimate of drug-likeness (QED) is 0.0662. The number of anilines is 1. The van der Waals surface area contributed by atoms with E-state index < -0.39 is 42.4 Å². The lowest BCUT2D eigenvalue weighted by molar-refractivity contribution is -0.150. The van der Waals surface area contributed by atoms with E-state index >= 15 is 0 Å². The van der Waals surface area contributed by atoms with Crippen LogP contribution in [0.5, 0.6) is 0 Å². The Morgan fingerprint density at radius 2 is 1.53 bits per heavy atom. The zero-order valence-corrected chi connectivity index (χ0v) is 27.1. The number of carbonyl (C=O) groups excluding carboxylic acids is 7. The Morgan fingerprint density at radius 1 is 0.872 bits per heavy atom.